The maximum absolute atomic E-state index is 9.41. The van der Waals surface area contributed by atoms with Crippen LogP contribution in [-0.2, 0) is 29.2 Å². The van der Waals surface area contributed by atoms with Crippen LogP contribution < -0.4 is 5.73 Å². The highest BCUT2D eigenvalue weighted by atomic mass is 35.5. The van der Waals surface area contributed by atoms with Crippen molar-refractivity contribution in [2.45, 2.75) is 44.6 Å². The quantitative estimate of drug-likeness (QED) is 0.308. The Morgan fingerprint density at radius 2 is 1.67 bits per heavy atom. The van der Waals surface area contributed by atoms with E-state index >= 15 is 0 Å². The van der Waals surface area contributed by atoms with Gasteiger partial charge in [-0.25, -0.2) is 4.98 Å². The smallest absolute Gasteiger partial charge is 0.184 e. The summed E-state index contributed by atoms with van der Waals surface area (Å²) < 4.78 is 14.6. The van der Waals surface area contributed by atoms with Crippen LogP contribution >= 0.6 is 23.2 Å². The molecular weight excluding hydrogens is 497 g/mol. The summed E-state index contributed by atoms with van der Waals surface area (Å²) in [6, 6.07) is 24.2. The first-order valence-electron chi connectivity index (χ1n) is 11.8. The summed E-state index contributed by atoms with van der Waals surface area (Å²) in [7, 11) is 0. The Kier molecular flexibility index (Phi) is 7.72. The third kappa shape index (κ3) is 5.49. The van der Waals surface area contributed by atoms with Crippen molar-refractivity contribution in [3.05, 3.63) is 112 Å². The molecule has 0 bridgehead atoms. The number of imidazole rings is 1. The lowest BCUT2D eigenvalue weighted by molar-refractivity contribution is -0.252. The maximum atomic E-state index is 9.41. The summed E-state index contributed by atoms with van der Waals surface area (Å²) in [6.45, 7) is 0.998. The molecule has 0 radical (unpaired) electrons. The van der Waals surface area contributed by atoms with E-state index in [0.717, 1.165) is 33.4 Å². The molecule has 3 atom stereocenters. The molecule has 1 aliphatic rings. The second-order valence-corrected chi connectivity index (χ2v) is 9.57. The van der Waals surface area contributed by atoms with Crippen molar-refractivity contribution in [3.63, 3.8) is 0 Å². The van der Waals surface area contributed by atoms with Gasteiger partial charge in [-0.15, -0.1) is 0 Å². The Labute approximate surface area is 220 Å². The van der Waals surface area contributed by atoms with Crippen molar-refractivity contribution in [3.8, 4) is 11.1 Å². The summed E-state index contributed by atoms with van der Waals surface area (Å²) in [6.07, 6.45) is 1.31. The molecule has 0 amide bonds. The zero-order chi connectivity index (χ0) is 25.1. The van der Waals surface area contributed by atoms with Gasteiger partial charge in [0, 0.05) is 18.5 Å². The van der Waals surface area contributed by atoms with E-state index in [0.29, 0.717) is 24.7 Å². The molecule has 2 heterocycles. The monoisotopic (exact) mass is 523 g/mol. The van der Waals surface area contributed by atoms with Gasteiger partial charge >= 0.3 is 0 Å². The molecule has 0 aliphatic carbocycles. The van der Waals surface area contributed by atoms with Crippen LogP contribution in [0.15, 0.2) is 79.1 Å². The van der Waals surface area contributed by atoms with Crippen LogP contribution in [0.3, 0.4) is 0 Å². The summed E-state index contributed by atoms with van der Waals surface area (Å²) in [5.41, 5.74) is 11.9. The number of nitrogens with zero attached hydrogens (tertiary/aromatic N) is 2. The van der Waals surface area contributed by atoms with Crippen molar-refractivity contribution in [2.75, 3.05) is 0 Å². The molecule has 1 aliphatic heterocycles. The number of ether oxygens (including phenoxy) is 2. The van der Waals surface area contributed by atoms with Gasteiger partial charge in [0.2, 0.25) is 0 Å². The van der Waals surface area contributed by atoms with Gasteiger partial charge in [0.15, 0.2) is 11.4 Å². The number of benzene rings is 3. The van der Waals surface area contributed by atoms with Crippen molar-refractivity contribution in [1.29, 1.82) is 0 Å². The fraction of sp³-hybridized carbons (Fsp3) is 0.250. The second-order valence-electron chi connectivity index (χ2n) is 8.86. The molecule has 0 spiro atoms. The number of aliphatic hydroxyl groups is 1. The Morgan fingerprint density at radius 1 is 0.917 bits per heavy atom. The van der Waals surface area contributed by atoms with Gasteiger partial charge in [-0.05, 0) is 33.9 Å². The topological polar surface area (TPSA) is 82.5 Å². The maximum Gasteiger partial charge on any atom is 0.184 e. The normalized spacial score (nSPS) is 19.9. The van der Waals surface area contributed by atoms with E-state index < -0.39 is 6.29 Å². The number of hydrogen-bond donors (Lipinski definition) is 2. The zero-order valence-electron chi connectivity index (χ0n) is 19.6. The van der Waals surface area contributed by atoms with Crippen LogP contribution in [0.2, 0.25) is 10.3 Å². The van der Waals surface area contributed by atoms with E-state index in [1.165, 1.54) is 0 Å². The van der Waals surface area contributed by atoms with Gasteiger partial charge in [-0.2, -0.15) is 0 Å². The van der Waals surface area contributed by atoms with Gasteiger partial charge in [0.25, 0.3) is 0 Å². The van der Waals surface area contributed by atoms with E-state index in [-0.39, 0.29) is 24.0 Å². The van der Waals surface area contributed by atoms with Crippen LogP contribution in [0, 0.1) is 0 Å². The molecule has 36 heavy (non-hydrogen) atoms. The molecule has 1 saturated heterocycles. The van der Waals surface area contributed by atoms with E-state index in [9.17, 15) is 5.11 Å². The van der Waals surface area contributed by atoms with Crippen LogP contribution in [0.4, 0.5) is 0 Å². The van der Waals surface area contributed by atoms with E-state index in [4.69, 9.17) is 38.4 Å². The minimum atomic E-state index is -0.562. The van der Waals surface area contributed by atoms with Crippen LogP contribution in [0.25, 0.3) is 11.1 Å². The Hall–Kier alpha value is -2.71. The number of nitrogens with two attached hydrogens (primary N) is 1. The minimum Gasteiger partial charge on any atom is -0.392 e. The van der Waals surface area contributed by atoms with Crippen LogP contribution in [-0.4, -0.2) is 20.8 Å². The molecule has 6 nitrogen and oxygen atoms in total. The zero-order valence-corrected chi connectivity index (χ0v) is 21.1. The molecule has 5 rings (SSSR count). The lowest BCUT2D eigenvalue weighted by Crippen LogP contribution is -2.32. The average Bonchev–Trinajstić information content (AvgIpc) is 3.25. The number of aromatic nitrogens is 2. The first kappa shape index (κ1) is 25.0. The molecule has 3 N–H and O–H groups in total. The molecule has 186 valence electrons. The van der Waals surface area contributed by atoms with Crippen molar-refractivity contribution in [1.82, 2.24) is 9.55 Å². The number of halogens is 2. The summed E-state index contributed by atoms with van der Waals surface area (Å²) in [5, 5.41) is 10.1. The second kappa shape index (κ2) is 11.1. The van der Waals surface area contributed by atoms with Gasteiger partial charge in [0.1, 0.15) is 5.15 Å². The summed E-state index contributed by atoms with van der Waals surface area (Å²) in [4.78, 5) is 4.08. The third-order valence-corrected chi connectivity index (χ3v) is 7.20. The van der Waals surface area contributed by atoms with Gasteiger partial charge in [-0.1, -0.05) is 89.9 Å². The predicted octanol–water partition coefficient (Wildman–Crippen LogP) is 6.05. The molecule has 1 aromatic heterocycles. The molecule has 4 aromatic rings. The fourth-order valence-electron chi connectivity index (χ4n) is 4.43. The molecule has 3 aromatic carbocycles. The molecule has 3 unspecified atom stereocenters. The Bertz CT molecular complexity index is 1310. The lowest BCUT2D eigenvalue weighted by atomic mass is 9.99. The minimum absolute atomic E-state index is 0.000585. The number of hydrogen-bond acceptors (Lipinski definition) is 5. The first-order chi connectivity index (χ1) is 17.5. The SMILES string of the molecule is NCc1cccc(-c2ccc(C3OC(Cn4cnc(Cl)c4Cl)CC(c4ccc(CO)cc4)O3)cc2)c1. The first-order valence-corrected chi connectivity index (χ1v) is 12.6. The van der Waals surface area contributed by atoms with Crippen LogP contribution in [0.5, 0.6) is 0 Å². The Balaban J connectivity index is 1.40. The summed E-state index contributed by atoms with van der Waals surface area (Å²) in [5.74, 6) is 0. The third-order valence-electron chi connectivity index (χ3n) is 6.43. The Morgan fingerprint density at radius 3 is 2.33 bits per heavy atom. The fourth-order valence-corrected chi connectivity index (χ4v) is 4.75. The van der Waals surface area contributed by atoms with Crippen LogP contribution in [0.1, 0.15) is 41.1 Å². The van der Waals surface area contributed by atoms with Gasteiger partial charge < -0.3 is 24.9 Å². The molecular formula is C28H27Cl2N3O3. The van der Waals surface area contributed by atoms with Crippen molar-refractivity contribution in [2.24, 2.45) is 5.73 Å². The predicted molar refractivity (Wildman–Crippen MR) is 140 cm³/mol. The van der Waals surface area contributed by atoms with E-state index in [1.807, 2.05) is 48.5 Å². The number of aliphatic hydroxyl groups excluding tert-OH is 1. The number of rotatable bonds is 7. The molecule has 1 fully saturated rings. The van der Waals surface area contributed by atoms with Gasteiger partial charge in [0.05, 0.1) is 31.7 Å². The highest BCUT2D eigenvalue weighted by Gasteiger charge is 2.32. The van der Waals surface area contributed by atoms with Crippen molar-refractivity contribution >= 4 is 23.2 Å². The molecule has 8 heteroatoms. The van der Waals surface area contributed by atoms with E-state index in [1.54, 1.807) is 10.9 Å². The average molecular weight is 524 g/mol. The van der Waals surface area contributed by atoms with Gasteiger partial charge in [-0.3, -0.25) is 0 Å². The molecule has 0 saturated carbocycles. The van der Waals surface area contributed by atoms with E-state index in [2.05, 4.69) is 29.2 Å². The largest absolute Gasteiger partial charge is 0.392 e. The highest BCUT2D eigenvalue weighted by Crippen LogP contribution is 2.39. The summed E-state index contributed by atoms with van der Waals surface area (Å²) >= 11 is 12.4. The standard InChI is InChI=1S/C28H27Cl2N3O3/c29-26-27(30)33(17-32-26)15-24-13-25(21-6-4-18(16-34)5-7-21)36-28(35-24)22-10-8-20(9-11-22)23-3-1-2-19(12-23)14-31/h1-12,17,24-25,28,34H,13-16,31H2. The lowest BCUT2D eigenvalue weighted by Gasteiger charge is -2.36. The van der Waals surface area contributed by atoms with Crippen molar-refractivity contribution < 1.29 is 14.6 Å². The highest BCUT2D eigenvalue weighted by molar-refractivity contribution is 6.40.